The number of rotatable bonds is 5. The van der Waals surface area contributed by atoms with Crippen LogP contribution in [0.3, 0.4) is 0 Å². The molecule has 0 atom stereocenters. The highest BCUT2D eigenvalue weighted by Crippen LogP contribution is 2.14. The number of sulfonamides is 1. The molecule has 25 heavy (non-hydrogen) atoms. The topological polar surface area (TPSA) is 96.3 Å². The van der Waals surface area contributed by atoms with Crippen LogP contribution >= 0.6 is 0 Å². The highest BCUT2D eigenvalue weighted by molar-refractivity contribution is 7.89. The first-order chi connectivity index (χ1) is 11.9. The Hall–Kier alpha value is -2.23. The van der Waals surface area contributed by atoms with E-state index in [0.29, 0.717) is 18.8 Å². The molecule has 3 rings (SSSR count). The zero-order valence-electron chi connectivity index (χ0n) is 14.2. The lowest BCUT2D eigenvalue weighted by Crippen LogP contribution is -2.27. The summed E-state index contributed by atoms with van der Waals surface area (Å²) in [5.41, 5.74) is 1.21. The number of amides is 1. The van der Waals surface area contributed by atoms with Crippen LogP contribution in [0.15, 0.2) is 35.4 Å². The second-order valence-corrected chi connectivity index (χ2v) is 8.18. The van der Waals surface area contributed by atoms with Crippen molar-refractivity contribution in [2.24, 2.45) is 0 Å². The van der Waals surface area contributed by atoms with Gasteiger partial charge in [-0.25, -0.2) is 17.7 Å². The van der Waals surface area contributed by atoms with Crippen LogP contribution in [0.2, 0.25) is 0 Å². The van der Waals surface area contributed by atoms with Gasteiger partial charge in [0.05, 0.1) is 11.4 Å². The van der Waals surface area contributed by atoms with Gasteiger partial charge in [0, 0.05) is 39.9 Å². The largest absolute Gasteiger partial charge is 0.347 e. The number of benzene rings is 1. The summed E-state index contributed by atoms with van der Waals surface area (Å²) in [6.07, 6.45) is 1.76. The van der Waals surface area contributed by atoms with E-state index in [1.807, 2.05) is 4.57 Å². The van der Waals surface area contributed by atoms with E-state index in [0.717, 1.165) is 24.5 Å². The van der Waals surface area contributed by atoms with E-state index in [9.17, 15) is 13.2 Å². The van der Waals surface area contributed by atoms with Crippen molar-refractivity contribution in [3.05, 3.63) is 47.5 Å². The van der Waals surface area contributed by atoms with Gasteiger partial charge in [0.25, 0.3) is 5.91 Å². The molecule has 1 amide bonds. The van der Waals surface area contributed by atoms with Crippen molar-refractivity contribution in [2.45, 2.75) is 24.5 Å². The molecule has 0 aliphatic carbocycles. The molecule has 0 saturated carbocycles. The van der Waals surface area contributed by atoms with E-state index in [4.69, 9.17) is 0 Å². The molecule has 8 nitrogen and oxygen atoms in total. The van der Waals surface area contributed by atoms with Gasteiger partial charge < -0.3 is 15.2 Å². The van der Waals surface area contributed by atoms with Crippen LogP contribution in [0.25, 0.3) is 0 Å². The van der Waals surface area contributed by atoms with Crippen LogP contribution in [0.4, 0.5) is 0 Å². The summed E-state index contributed by atoms with van der Waals surface area (Å²) < 4.78 is 27.2. The zero-order valence-corrected chi connectivity index (χ0v) is 15.0. The second kappa shape index (κ2) is 6.95. The van der Waals surface area contributed by atoms with Crippen LogP contribution in [0.1, 0.15) is 21.9 Å². The average Bonchev–Trinajstić information content (AvgIpc) is 3.04. The minimum atomic E-state index is -3.44. The zero-order chi connectivity index (χ0) is 18.0. The number of aromatic nitrogens is 2. The van der Waals surface area contributed by atoms with Gasteiger partial charge in [-0.05, 0) is 17.7 Å². The number of carbonyl (C=O) groups excluding carboxylic acids is 1. The summed E-state index contributed by atoms with van der Waals surface area (Å²) in [5, 5.41) is 6.02. The van der Waals surface area contributed by atoms with Crippen LogP contribution in [-0.2, 0) is 29.7 Å². The molecule has 1 aliphatic rings. The normalized spacial score (nSPS) is 14.4. The van der Waals surface area contributed by atoms with E-state index in [2.05, 4.69) is 15.6 Å². The van der Waals surface area contributed by atoms with Gasteiger partial charge in [-0.3, -0.25) is 4.79 Å². The number of nitrogens with zero attached hydrogens (tertiary/aromatic N) is 3. The van der Waals surface area contributed by atoms with Gasteiger partial charge in [-0.15, -0.1) is 0 Å². The lowest BCUT2D eigenvalue weighted by Gasteiger charge is -2.13. The number of hydrogen-bond donors (Lipinski definition) is 2. The molecule has 1 aliphatic heterocycles. The van der Waals surface area contributed by atoms with Gasteiger partial charge >= 0.3 is 0 Å². The SMILES string of the molecule is CN(C)S(=O)(=O)c1ccc(CNC(=O)c2cn3c(n2)CNCC3)cc1. The molecule has 0 saturated heterocycles. The molecule has 1 aromatic carbocycles. The lowest BCUT2D eigenvalue weighted by molar-refractivity contribution is 0.0946. The third-order valence-corrected chi connectivity index (χ3v) is 5.89. The maximum absolute atomic E-state index is 12.2. The first-order valence-corrected chi connectivity index (χ1v) is 9.38. The maximum Gasteiger partial charge on any atom is 0.271 e. The quantitative estimate of drug-likeness (QED) is 0.789. The highest BCUT2D eigenvalue weighted by atomic mass is 32.2. The van der Waals surface area contributed by atoms with E-state index in [1.54, 1.807) is 18.3 Å². The van der Waals surface area contributed by atoms with Crippen molar-refractivity contribution in [2.75, 3.05) is 20.6 Å². The molecule has 2 aromatic rings. The van der Waals surface area contributed by atoms with E-state index < -0.39 is 10.0 Å². The smallest absolute Gasteiger partial charge is 0.271 e. The highest BCUT2D eigenvalue weighted by Gasteiger charge is 2.18. The van der Waals surface area contributed by atoms with Crippen molar-refractivity contribution in [1.82, 2.24) is 24.5 Å². The van der Waals surface area contributed by atoms with E-state index >= 15 is 0 Å². The molecule has 0 bridgehead atoms. The second-order valence-electron chi connectivity index (χ2n) is 6.03. The van der Waals surface area contributed by atoms with Gasteiger partial charge in [0.2, 0.25) is 10.0 Å². The fourth-order valence-electron chi connectivity index (χ4n) is 2.56. The molecule has 2 heterocycles. The molecule has 0 spiro atoms. The summed E-state index contributed by atoms with van der Waals surface area (Å²) in [4.78, 5) is 16.8. The fourth-order valence-corrected chi connectivity index (χ4v) is 3.46. The molecule has 134 valence electrons. The molecule has 0 radical (unpaired) electrons. The van der Waals surface area contributed by atoms with Crippen molar-refractivity contribution in [3.63, 3.8) is 0 Å². The summed E-state index contributed by atoms with van der Waals surface area (Å²) in [7, 11) is -0.463. The van der Waals surface area contributed by atoms with Gasteiger partial charge in [0.1, 0.15) is 11.5 Å². The number of fused-ring (bicyclic) bond motifs is 1. The van der Waals surface area contributed by atoms with Crippen molar-refractivity contribution >= 4 is 15.9 Å². The Bertz CT molecular complexity index is 848. The van der Waals surface area contributed by atoms with Crippen LogP contribution < -0.4 is 10.6 Å². The Morgan fingerprint density at radius 2 is 2.04 bits per heavy atom. The van der Waals surface area contributed by atoms with Crippen molar-refractivity contribution in [3.8, 4) is 0 Å². The van der Waals surface area contributed by atoms with Crippen LogP contribution in [-0.4, -0.2) is 48.8 Å². The van der Waals surface area contributed by atoms with Crippen LogP contribution in [0.5, 0.6) is 0 Å². The maximum atomic E-state index is 12.2. The molecule has 1 aromatic heterocycles. The molecule has 0 fully saturated rings. The molecular formula is C16H21N5O3S. The molecule has 2 N–H and O–H groups in total. The van der Waals surface area contributed by atoms with E-state index in [-0.39, 0.29) is 10.8 Å². The Morgan fingerprint density at radius 1 is 1.32 bits per heavy atom. The Balaban J connectivity index is 1.63. The minimum absolute atomic E-state index is 0.224. The molecule has 0 unspecified atom stereocenters. The predicted octanol–water partition coefficient (Wildman–Crippen LogP) is 0.167. The average molecular weight is 363 g/mol. The lowest BCUT2D eigenvalue weighted by atomic mass is 10.2. The summed E-state index contributed by atoms with van der Waals surface area (Å²) >= 11 is 0. The number of nitrogens with one attached hydrogen (secondary N) is 2. The van der Waals surface area contributed by atoms with Gasteiger partial charge in [-0.2, -0.15) is 0 Å². The van der Waals surface area contributed by atoms with Crippen molar-refractivity contribution < 1.29 is 13.2 Å². The van der Waals surface area contributed by atoms with Gasteiger partial charge in [0.15, 0.2) is 0 Å². The van der Waals surface area contributed by atoms with Crippen molar-refractivity contribution in [1.29, 1.82) is 0 Å². The van der Waals surface area contributed by atoms with Crippen LogP contribution in [0, 0.1) is 0 Å². The summed E-state index contributed by atoms with van der Waals surface area (Å²) in [6, 6.07) is 6.47. The first kappa shape index (κ1) is 17.6. The predicted molar refractivity (Wildman–Crippen MR) is 92.4 cm³/mol. The first-order valence-electron chi connectivity index (χ1n) is 7.94. The Kier molecular flexibility index (Phi) is 4.89. The molecular weight excluding hydrogens is 342 g/mol. The number of imidazole rings is 1. The number of hydrogen-bond acceptors (Lipinski definition) is 5. The van der Waals surface area contributed by atoms with Gasteiger partial charge in [-0.1, -0.05) is 12.1 Å². The Morgan fingerprint density at radius 3 is 2.68 bits per heavy atom. The monoisotopic (exact) mass is 363 g/mol. The number of carbonyl (C=O) groups is 1. The Labute approximate surface area is 146 Å². The minimum Gasteiger partial charge on any atom is -0.347 e. The summed E-state index contributed by atoms with van der Waals surface area (Å²) in [5.74, 6) is 0.613. The summed E-state index contributed by atoms with van der Waals surface area (Å²) in [6.45, 7) is 2.64. The third-order valence-electron chi connectivity index (χ3n) is 4.06. The molecule has 9 heteroatoms. The fraction of sp³-hybridized carbons (Fsp3) is 0.375. The standard InChI is InChI=1S/C16H21N5O3S/c1-20(2)25(23,24)13-5-3-12(4-6-13)9-18-16(22)14-11-21-8-7-17-10-15(21)19-14/h3-6,11,17H,7-10H2,1-2H3,(H,18,22). The van der Waals surface area contributed by atoms with E-state index in [1.165, 1.54) is 30.5 Å². The third kappa shape index (κ3) is 3.73.